The van der Waals surface area contributed by atoms with Gasteiger partial charge in [-0.2, -0.15) is 0 Å². The standard InChI is InChI=1S/C18H21N3O3S/c1-20(15-7-3-2-4-8-15)25(23,24)17-10-6-5-9-16(17)18(22)21-13-11-19-12-14-21/h2-10,19H,11-14H2,1H3. The van der Waals surface area contributed by atoms with Crippen molar-refractivity contribution in [2.24, 2.45) is 0 Å². The van der Waals surface area contributed by atoms with Gasteiger partial charge in [0.1, 0.15) is 4.90 Å². The van der Waals surface area contributed by atoms with Crippen LogP contribution >= 0.6 is 0 Å². The Morgan fingerprint density at radius 1 is 1.00 bits per heavy atom. The second-order valence-electron chi connectivity index (χ2n) is 5.85. The molecule has 3 rings (SSSR count). The molecule has 0 radical (unpaired) electrons. The van der Waals surface area contributed by atoms with E-state index >= 15 is 0 Å². The van der Waals surface area contributed by atoms with Crippen LogP contribution in [-0.4, -0.2) is 52.5 Å². The van der Waals surface area contributed by atoms with E-state index in [-0.39, 0.29) is 16.4 Å². The molecule has 0 unspecified atom stereocenters. The van der Waals surface area contributed by atoms with Crippen LogP contribution in [0.5, 0.6) is 0 Å². The number of hydrogen-bond acceptors (Lipinski definition) is 4. The molecule has 0 aromatic heterocycles. The summed E-state index contributed by atoms with van der Waals surface area (Å²) in [5, 5.41) is 3.19. The minimum Gasteiger partial charge on any atom is -0.336 e. The molecular weight excluding hydrogens is 338 g/mol. The highest BCUT2D eigenvalue weighted by atomic mass is 32.2. The van der Waals surface area contributed by atoms with Crippen LogP contribution in [0, 0.1) is 0 Å². The van der Waals surface area contributed by atoms with Crippen molar-refractivity contribution >= 4 is 21.6 Å². The van der Waals surface area contributed by atoms with Crippen LogP contribution in [0.15, 0.2) is 59.5 Å². The Kier molecular flexibility index (Phi) is 5.06. The zero-order valence-corrected chi connectivity index (χ0v) is 14.9. The molecular formula is C18H21N3O3S. The van der Waals surface area contributed by atoms with Gasteiger partial charge in [-0.1, -0.05) is 30.3 Å². The molecule has 0 spiro atoms. The van der Waals surface area contributed by atoms with Gasteiger partial charge in [0.25, 0.3) is 15.9 Å². The first kappa shape index (κ1) is 17.4. The number of hydrogen-bond donors (Lipinski definition) is 1. The number of sulfonamides is 1. The zero-order chi connectivity index (χ0) is 17.9. The number of anilines is 1. The number of piperazine rings is 1. The Hall–Kier alpha value is -2.38. The van der Waals surface area contributed by atoms with Crippen LogP contribution in [0.4, 0.5) is 5.69 Å². The zero-order valence-electron chi connectivity index (χ0n) is 14.1. The lowest BCUT2D eigenvalue weighted by molar-refractivity contribution is 0.0732. The van der Waals surface area contributed by atoms with Gasteiger partial charge in [0, 0.05) is 33.2 Å². The second-order valence-corrected chi connectivity index (χ2v) is 7.78. The molecule has 1 fully saturated rings. The summed E-state index contributed by atoms with van der Waals surface area (Å²) >= 11 is 0. The Balaban J connectivity index is 1.98. The Morgan fingerprint density at radius 2 is 1.60 bits per heavy atom. The van der Waals surface area contributed by atoms with Crippen molar-refractivity contribution in [3.63, 3.8) is 0 Å². The van der Waals surface area contributed by atoms with Gasteiger partial charge in [-0.15, -0.1) is 0 Å². The lowest BCUT2D eigenvalue weighted by atomic mass is 10.2. The molecule has 6 nitrogen and oxygen atoms in total. The Labute approximate surface area is 148 Å². The van der Waals surface area contributed by atoms with Gasteiger partial charge in [0.05, 0.1) is 11.3 Å². The average Bonchev–Trinajstić information content (AvgIpc) is 2.68. The molecule has 1 N–H and O–H groups in total. The Morgan fingerprint density at radius 3 is 2.28 bits per heavy atom. The Bertz CT molecular complexity index is 847. The lowest BCUT2D eigenvalue weighted by Gasteiger charge is -2.28. The van der Waals surface area contributed by atoms with E-state index in [4.69, 9.17) is 0 Å². The van der Waals surface area contributed by atoms with Gasteiger partial charge in [-0.25, -0.2) is 8.42 Å². The van der Waals surface area contributed by atoms with Crippen LogP contribution in [-0.2, 0) is 10.0 Å². The molecule has 2 aromatic carbocycles. The van der Waals surface area contributed by atoms with Gasteiger partial charge < -0.3 is 10.2 Å². The van der Waals surface area contributed by atoms with E-state index in [1.54, 1.807) is 47.4 Å². The average molecular weight is 359 g/mol. The first-order valence-corrected chi connectivity index (χ1v) is 9.59. The van der Waals surface area contributed by atoms with Crippen LogP contribution in [0.1, 0.15) is 10.4 Å². The SMILES string of the molecule is CN(c1ccccc1)S(=O)(=O)c1ccccc1C(=O)N1CCNCC1. The summed E-state index contributed by atoms with van der Waals surface area (Å²) in [6.45, 7) is 2.57. The van der Waals surface area contributed by atoms with Crippen molar-refractivity contribution in [2.75, 3.05) is 37.5 Å². The first-order valence-electron chi connectivity index (χ1n) is 8.15. The number of amides is 1. The predicted molar refractivity (Wildman–Crippen MR) is 97.2 cm³/mol. The quantitative estimate of drug-likeness (QED) is 0.899. The largest absolute Gasteiger partial charge is 0.336 e. The molecule has 0 atom stereocenters. The van der Waals surface area contributed by atoms with E-state index in [0.717, 1.165) is 0 Å². The number of carbonyl (C=O) groups is 1. The van der Waals surface area contributed by atoms with Crippen molar-refractivity contribution in [1.82, 2.24) is 10.2 Å². The molecule has 0 aliphatic carbocycles. The highest BCUT2D eigenvalue weighted by molar-refractivity contribution is 7.92. The second kappa shape index (κ2) is 7.25. The molecule has 0 bridgehead atoms. The maximum absolute atomic E-state index is 13.1. The van der Waals surface area contributed by atoms with E-state index < -0.39 is 10.0 Å². The minimum atomic E-state index is -3.84. The lowest BCUT2D eigenvalue weighted by Crippen LogP contribution is -2.46. The highest BCUT2D eigenvalue weighted by Crippen LogP contribution is 2.25. The third-order valence-corrected chi connectivity index (χ3v) is 6.12. The van der Waals surface area contributed by atoms with Crippen LogP contribution in [0.2, 0.25) is 0 Å². The molecule has 1 heterocycles. The summed E-state index contributed by atoms with van der Waals surface area (Å²) in [4.78, 5) is 14.6. The smallest absolute Gasteiger partial charge is 0.264 e. The summed E-state index contributed by atoms with van der Waals surface area (Å²) in [7, 11) is -2.34. The number of nitrogens with zero attached hydrogens (tertiary/aromatic N) is 2. The van der Waals surface area contributed by atoms with Crippen molar-refractivity contribution in [3.8, 4) is 0 Å². The summed E-state index contributed by atoms with van der Waals surface area (Å²) in [6, 6.07) is 15.2. The number of nitrogens with one attached hydrogen (secondary N) is 1. The van der Waals surface area contributed by atoms with Crippen LogP contribution in [0.3, 0.4) is 0 Å². The third kappa shape index (κ3) is 3.52. The van der Waals surface area contributed by atoms with Crippen molar-refractivity contribution in [1.29, 1.82) is 0 Å². The van der Waals surface area contributed by atoms with E-state index in [1.165, 1.54) is 17.4 Å². The molecule has 132 valence electrons. The molecule has 1 amide bonds. The first-order chi connectivity index (χ1) is 12.0. The van der Waals surface area contributed by atoms with Crippen LogP contribution in [0.25, 0.3) is 0 Å². The van der Waals surface area contributed by atoms with Crippen molar-refractivity contribution in [3.05, 3.63) is 60.2 Å². The summed E-state index contributed by atoms with van der Waals surface area (Å²) in [6.07, 6.45) is 0. The summed E-state index contributed by atoms with van der Waals surface area (Å²) in [5.74, 6) is -0.248. The maximum atomic E-state index is 13.1. The number of para-hydroxylation sites is 1. The van der Waals surface area contributed by atoms with Crippen molar-refractivity contribution < 1.29 is 13.2 Å². The molecule has 2 aromatic rings. The van der Waals surface area contributed by atoms with E-state index in [1.807, 2.05) is 6.07 Å². The number of rotatable bonds is 4. The van der Waals surface area contributed by atoms with Gasteiger partial charge in [0.2, 0.25) is 0 Å². The maximum Gasteiger partial charge on any atom is 0.264 e. The predicted octanol–water partition coefficient (Wildman–Crippen LogP) is 1.56. The minimum absolute atomic E-state index is 0.0323. The van der Waals surface area contributed by atoms with E-state index in [2.05, 4.69) is 5.32 Å². The van der Waals surface area contributed by atoms with Gasteiger partial charge >= 0.3 is 0 Å². The van der Waals surface area contributed by atoms with E-state index in [9.17, 15) is 13.2 Å². The van der Waals surface area contributed by atoms with Crippen molar-refractivity contribution in [2.45, 2.75) is 4.90 Å². The normalized spacial score (nSPS) is 15.0. The van der Waals surface area contributed by atoms with Crippen LogP contribution < -0.4 is 9.62 Å². The fourth-order valence-electron chi connectivity index (χ4n) is 2.83. The highest BCUT2D eigenvalue weighted by Gasteiger charge is 2.29. The van der Waals surface area contributed by atoms with Gasteiger partial charge in [-0.05, 0) is 24.3 Å². The topological polar surface area (TPSA) is 69.7 Å². The number of carbonyl (C=O) groups excluding carboxylic acids is 1. The molecule has 25 heavy (non-hydrogen) atoms. The molecule has 1 saturated heterocycles. The molecule has 1 aliphatic rings. The number of benzene rings is 2. The molecule has 7 heteroatoms. The summed E-state index contributed by atoms with van der Waals surface area (Å²) in [5.41, 5.74) is 0.763. The molecule has 1 aliphatic heterocycles. The third-order valence-electron chi connectivity index (χ3n) is 4.28. The fourth-order valence-corrected chi connectivity index (χ4v) is 4.21. The fraction of sp³-hybridized carbons (Fsp3) is 0.278. The van der Waals surface area contributed by atoms with Gasteiger partial charge in [-0.3, -0.25) is 9.10 Å². The van der Waals surface area contributed by atoms with E-state index in [0.29, 0.717) is 31.9 Å². The summed E-state index contributed by atoms with van der Waals surface area (Å²) < 4.78 is 27.4. The monoisotopic (exact) mass is 359 g/mol. The van der Waals surface area contributed by atoms with Gasteiger partial charge in [0.15, 0.2) is 0 Å². The molecule has 0 saturated carbocycles.